The van der Waals surface area contributed by atoms with Crippen LogP contribution in [0.1, 0.15) is 18.4 Å². The van der Waals surface area contributed by atoms with Gasteiger partial charge in [0.2, 0.25) is 0 Å². The molecule has 0 saturated carbocycles. The van der Waals surface area contributed by atoms with E-state index in [-0.39, 0.29) is 37.7 Å². The molecule has 118 valence electrons. The van der Waals surface area contributed by atoms with Gasteiger partial charge in [-0.3, -0.25) is 18.7 Å². The minimum absolute atomic E-state index is 0.0219. The van der Waals surface area contributed by atoms with Gasteiger partial charge < -0.3 is 10.5 Å². The van der Waals surface area contributed by atoms with Crippen LogP contribution in [0.5, 0.6) is 0 Å². The normalized spacial score (nSPS) is 10.2. The van der Waals surface area contributed by atoms with Gasteiger partial charge in [-0.2, -0.15) is 8.42 Å². The quantitative estimate of drug-likeness (QED) is 0.504. The Balaban J connectivity index is 0.000000690. The summed E-state index contributed by atoms with van der Waals surface area (Å²) in [6.45, 7) is 0.225. The van der Waals surface area contributed by atoms with Crippen molar-refractivity contribution in [3.8, 4) is 0 Å². The zero-order valence-corrected chi connectivity index (χ0v) is 12.0. The molecule has 21 heavy (non-hydrogen) atoms. The second-order valence-electron chi connectivity index (χ2n) is 3.84. The first-order valence-electron chi connectivity index (χ1n) is 5.83. The molecule has 0 aliphatic rings. The van der Waals surface area contributed by atoms with E-state index in [1.165, 1.54) is 0 Å². The van der Waals surface area contributed by atoms with Crippen LogP contribution in [0.2, 0.25) is 0 Å². The third-order valence-corrected chi connectivity index (χ3v) is 2.08. The summed E-state index contributed by atoms with van der Waals surface area (Å²) >= 11 is 0. The minimum Gasteiger partial charge on any atom is -0.461 e. The number of carbonyl (C=O) groups is 2. The third kappa shape index (κ3) is 14.4. The Bertz CT molecular complexity index is 534. The van der Waals surface area contributed by atoms with E-state index in [1.807, 2.05) is 30.3 Å². The van der Waals surface area contributed by atoms with Crippen LogP contribution in [0.25, 0.3) is 0 Å². The first-order chi connectivity index (χ1) is 9.72. The number of rotatable bonds is 6. The molecule has 1 rings (SSSR count). The molecule has 0 aromatic heterocycles. The highest BCUT2D eigenvalue weighted by atomic mass is 32.3. The van der Waals surface area contributed by atoms with E-state index < -0.39 is 10.4 Å². The fourth-order valence-corrected chi connectivity index (χ4v) is 1.15. The van der Waals surface area contributed by atoms with E-state index in [9.17, 15) is 9.59 Å². The SMILES string of the molecule is NCC(=O)CCC(=O)OCc1ccccc1.O=S(=O)(O)O. The van der Waals surface area contributed by atoms with Crippen molar-refractivity contribution >= 4 is 22.2 Å². The summed E-state index contributed by atoms with van der Waals surface area (Å²) in [6.07, 6.45) is 0.257. The van der Waals surface area contributed by atoms with Gasteiger partial charge >= 0.3 is 16.4 Å². The molecule has 0 unspecified atom stereocenters. The number of ketones is 1. The number of Topliss-reactive ketones (excluding diaryl/α,β-unsaturated/α-hetero) is 1. The Labute approximate surface area is 122 Å². The molecule has 0 heterocycles. The zero-order chi connectivity index (χ0) is 16.3. The van der Waals surface area contributed by atoms with Crippen molar-refractivity contribution in [2.75, 3.05) is 6.54 Å². The number of carbonyl (C=O) groups excluding carboxylic acids is 2. The lowest BCUT2D eigenvalue weighted by Crippen LogP contribution is -2.15. The molecule has 0 radical (unpaired) electrons. The zero-order valence-electron chi connectivity index (χ0n) is 11.1. The lowest BCUT2D eigenvalue weighted by atomic mass is 10.2. The largest absolute Gasteiger partial charge is 0.461 e. The Kier molecular flexibility index (Phi) is 9.13. The average molecular weight is 319 g/mol. The molecule has 9 heteroatoms. The van der Waals surface area contributed by atoms with Gasteiger partial charge in [-0.05, 0) is 5.56 Å². The molecule has 0 atom stereocenters. The van der Waals surface area contributed by atoms with Gasteiger partial charge in [-0.1, -0.05) is 30.3 Å². The van der Waals surface area contributed by atoms with Gasteiger partial charge in [-0.25, -0.2) is 0 Å². The second-order valence-corrected chi connectivity index (χ2v) is 4.73. The van der Waals surface area contributed by atoms with Crippen molar-refractivity contribution < 1.29 is 31.8 Å². The fraction of sp³-hybridized carbons (Fsp3) is 0.333. The predicted molar refractivity (Wildman–Crippen MR) is 73.7 cm³/mol. The molecule has 0 fully saturated rings. The number of hydrogen-bond acceptors (Lipinski definition) is 6. The second kappa shape index (κ2) is 10.00. The van der Waals surface area contributed by atoms with Crippen molar-refractivity contribution in [1.82, 2.24) is 0 Å². The smallest absolute Gasteiger partial charge is 0.394 e. The maximum absolute atomic E-state index is 11.2. The highest BCUT2D eigenvalue weighted by molar-refractivity contribution is 7.79. The lowest BCUT2D eigenvalue weighted by molar-refractivity contribution is -0.146. The molecule has 0 amide bonds. The van der Waals surface area contributed by atoms with E-state index in [2.05, 4.69) is 0 Å². The van der Waals surface area contributed by atoms with Gasteiger partial charge in [-0.15, -0.1) is 0 Å². The fourth-order valence-electron chi connectivity index (χ4n) is 1.15. The summed E-state index contributed by atoms with van der Waals surface area (Å²) < 4.78 is 36.6. The Hall–Kier alpha value is -1.81. The Morgan fingerprint density at radius 3 is 2.10 bits per heavy atom. The highest BCUT2D eigenvalue weighted by Gasteiger charge is 2.06. The van der Waals surface area contributed by atoms with Crippen molar-refractivity contribution in [2.24, 2.45) is 5.73 Å². The Morgan fingerprint density at radius 2 is 1.62 bits per heavy atom. The van der Waals surface area contributed by atoms with E-state index in [0.29, 0.717) is 0 Å². The van der Waals surface area contributed by atoms with Gasteiger partial charge in [0.1, 0.15) is 12.4 Å². The van der Waals surface area contributed by atoms with E-state index >= 15 is 0 Å². The van der Waals surface area contributed by atoms with Crippen LogP contribution in [0.15, 0.2) is 30.3 Å². The standard InChI is InChI=1S/C12H15NO3.H2O4S/c13-8-11(14)6-7-12(15)16-9-10-4-2-1-3-5-10;1-5(2,3)4/h1-5H,6-9,13H2;(H2,1,2,3,4). The van der Waals surface area contributed by atoms with Crippen LogP contribution in [-0.4, -0.2) is 35.8 Å². The average Bonchev–Trinajstić information content (AvgIpc) is 2.41. The molecule has 1 aromatic rings. The summed E-state index contributed by atoms with van der Waals surface area (Å²) in [4.78, 5) is 22.1. The first kappa shape index (κ1) is 19.2. The minimum atomic E-state index is -4.67. The summed E-state index contributed by atoms with van der Waals surface area (Å²) in [5.74, 6) is -0.498. The van der Waals surface area contributed by atoms with Gasteiger partial charge in [0.05, 0.1) is 13.0 Å². The molecule has 0 aliphatic carbocycles. The third-order valence-electron chi connectivity index (χ3n) is 2.08. The van der Waals surface area contributed by atoms with Gasteiger partial charge in [0.15, 0.2) is 0 Å². The van der Waals surface area contributed by atoms with Crippen molar-refractivity contribution in [3.63, 3.8) is 0 Å². The van der Waals surface area contributed by atoms with Crippen molar-refractivity contribution in [1.29, 1.82) is 0 Å². The molecule has 1 aromatic carbocycles. The van der Waals surface area contributed by atoms with E-state index in [4.69, 9.17) is 28.0 Å². The van der Waals surface area contributed by atoms with Crippen LogP contribution in [0.3, 0.4) is 0 Å². The predicted octanol–water partition coefficient (Wildman–Crippen LogP) is 0.385. The summed E-state index contributed by atoms with van der Waals surface area (Å²) in [5.41, 5.74) is 6.05. The summed E-state index contributed by atoms with van der Waals surface area (Å²) in [7, 11) is -4.67. The van der Waals surface area contributed by atoms with Crippen LogP contribution < -0.4 is 5.73 Å². The Morgan fingerprint density at radius 1 is 1.10 bits per heavy atom. The molecule has 8 nitrogen and oxygen atoms in total. The topological polar surface area (TPSA) is 144 Å². The molecule has 4 N–H and O–H groups in total. The van der Waals surface area contributed by atoms with Gasteiger partial charge in [0, 0.05) is 6.42 Å². The van der Waals surface area contributed by atoms with Crippen LogP contribution in [-0.2, 0) is 31.3 Å². The van der Waals surface area contributed by atoms with Crippen molar-refractivity contribution in [2.45, 2.75) is 19.4 Å². The maximum Gasteiger partial charge on any atom is 0.394 e. The molecule has 0 spiro atoms. The number of ether oxygens (including phenoxy) is 1. The lowest BCUT2D eigenvalue weighted by Gasteiger charge is -2.04. The van der Waals surface area contributed by atoms with Gasteiger partial charge in [0.25, 0.3) is 0 Å². The number of benzene rings is 1. The molecular formula is C12H17NO7S. The maximum atomic E-state index is 11.2. The number of nitrogens with two attached hydrogens (primary N) is 1. The molecule has 0 saturated heterocycles. The van der Waals surface area contributed by atoms with E-state index in [1.54, 1.807) is 0 Å². The highest BCUT2D eigenvalue weighted by Crippen LogP contribution is 2.02. The number of esters is 1. The summed E-state index contributed by atoms with van der Waals surface area (Å²) in [6, 6.07) is 9.39. The monoisotopic (exact) mass is 319 g/mol. The molecule has 0 aliphatic heterocycles. The molecular weight excluding hydrogens is 302 g/mol. The van der Waals surface area contributed by atoms with E-state index in [0.717, 1.165) is 5.56 Å². The summed E-state index contributed by atoms with van der Waals surface area (Å²) in [5, 5.41) is 0. The van der Waals surface area contributed by atoms with Crippen LogP contribution in [0, 0.1) is 0 Å². The first-order valence-corrected chi connectivity index (χ1v) is 7.23. The number of hydrogen-bond donors (Lipinski definition) is 3. The van der Waals surface area contributed by atoms with Crippen LogP contribution >= 0.6 is 0 Å². The van der Waals surface area contributed by atoms with Crippen molar-refractivity contribution in [3.05, 3.63) is 35.9 Å². The van der Waals surface area contributed by atoms with Crippen LogP contribution in [0.4, 0.5) is 0 Å². The molecule has 0 bridgehead atoms.